The first-order chi connectivity index (χ1) is 8.16. The van der Waals surface area contributed by atoms with Crippen LogP contribution in [0.4, 0.5) is 5.82 Å². The molecule has 0 spiro atoms. The van der Waals surface area contributed by atoms with E-state index in [1.807, 2.05) is 20.0 Å². The smallest absolute Gasteiger partial charge is 0.137 e. The summed E-state index contributed by atoms with van der Waals surface area (Å²) in [5, 5.41) is 11.3. The molecule has 0 aromatic carbocycles. The van der Waals surface area contributed by atoms with E-state index in [0.29, 0.717) is 17.5 Å². The normalized spacial score (nSPS) is 10.5. The van der Waals surface area contributed by atoms with E-state index in [2.05, 4.69) is 25.6 Å². The van der Waals surface area contributed by atoms with Gasteiger partial charge in [-0.2, -0.15) is 0 Å². The lowest BCUT2D eigenvalue weighted by Crippen LogP contribution is -2.13. The van der Waals surface area contributed by atoms with Crippen LogP contribution in [0.25, 0.3) is 0 Å². The molecule has 6 nitrogen and oxygen atoms in total. The summed E-state index contributed by atoms with van der Waals surface area (Å²) in [6.07, 6.45) is 3.46. The summed E-state index contributed by atoms with van der Waals surface area (Å²) in [5.41, 5.74) is 0.857. The number of hydrogen-bond acceptors (Lipinski definition) is 5. The Morgan fingerprint density at radius 2 is 2.18 bits per heavy atom. The Bertz CT molecular complexity index is 496. The molecule has 1 N–H and O–H groups in total. The molecule has 2 aromatic rings. The summed E-state index contributed by atoms with van der Waals surface area (Å²) in [6, 6.07) is 0. The zero-order chi connectivity index (χ0) is 12.3. The number of nitrogens with one attached hydrogen (secondary N) is 1. The molecule has 17 heavy (non-hydrogen) atoms. The van der Waals surface area contributed by atoms with E-state index in [0.717, 1.165) is 17.9 Å². The Kier molecular flexibility index (Phi) is 3.53. The van der Waals surface area contributed by atoms with Crippen LogP contribution >= 0.6 is 11.6 Å². The maximum Gasteiger partial charge on any atom is 0.137 e. The van der Waals surface area contributed by atoms with Crippen LogP contribution < -0.4 is 5.32 Å². The van der Waals surface area contributed by atoms with Crippen LogP contribution in [0.2, 0.25) is 5.15 Å². The molecule has 2 heterocycles. The van der Waals surface area contributed by atoms with Crippen LogP contribution in [0.15, 0.2) is 12.4 Å². The minimum Gasteiger partial charge on any atom is -0.368 e. The third-order valence-corrected chi connectivity index (χ3v) is 2.67. The summed E-state index contributed by atoms with van der Waals surface area (Å²) in [7, 11) is 0. The van der Waals surface area contributed by atoms with Gasteiger partial charge in [-0.3, -0.25) is 4.68 Å². The summed E-state index contributed by atoms with van der Waals surface area (Å²) in [4.78, 5) is 8.38. The molecule has 90 valence electrons. The topological polar surface area (TPSA) is 68.5 Å². The fourth-order valence-corrected chi connectivity index (χ4v) is 1.62. The van der Waals surface area contributed by atoms with E-state index in [-0.39, 0.29) is 0 Å². The van der Waals surface area contributed by atoms with Gasteiger partial charge in [0.05, 0.1) is 12.7 Å². The zero-order valence-electron chi connectivity index (χ0n) is 9.68. The average Bonchev–Trinajstić information content (AvgIpc) is 2.78. The Balaban J connectivity index is 1.99. The van der Waals surface area contributed by atoms with Gasteiger partial charge < -0.3 is 5.32 Å². The molecule has 2 rings (SSSR count). The Morgan fingerprint density at radius 1 is 1.35 bits per heavy atom. The third-order valence-electron chi connectivity index (χ3n) is 2.30. The molecule has 7 heteroatoms. The van der Waals surface area contributed by atoms with Gasteiger partial charge >= 0.3 is 0 Å². The second kappa shape index (κ2) is 5.09. The number of hydrogen-bond donors (Lipinski definition) is 1. The summed E-state index contributed by atoms with van der Waals surface area (Å²) in [6.45, 7) is 5.13. The predicted octanol–water partition coefficient (Wildman–Crippen LogP) is 1.45. The molecule has 0 saturated heterocycles. The highest BCUT2D eigenvalue weighted by molar-refractivity contribution is 6.30. The third kappa shape index (κ3) is 2.91. The summed E-state index contributed by atoms with van der Waals surface area (Å²) in [5.74, 6) is 1.42. The lowest BCUT2D eigenvalue weighted by Gasteiger charge is -2.09. The molecule has 0 aliphatic carbocycles. The molecule has 0 unspecified atom stereocenters. The molecule has 0 atom stereocenters. The number of halogens is 1. The molecule has 0 bridgehead atoms. The first-order valence-electron chi connectivity index (χ1n) is 5.25. The van der Waals surface area contributed by atoms with Gasteiger partial charge in [0.1, 0.15) is 16.8 Å². The molecule has 2 aromatic heterocycles. The number of aryl methyl sites for hydroxylation is 1. The Morgan fingerprint density at radius 3 is 2.88 bits per heavy atom. The standard InChI is InChI=1S/C10H13ClN6/c1-7-9(11)14-8(2)15-10(7)12-3-5-17-6-4-13-16-17/h4,6H,3,5H2,1-2H3,(H,12,14,15). The van der Waals surface area contributed by atoms with Gasteiger partial charge in [-0.1, -0.05) is 16.8 Å². The molecular weight excluding hydrogens is 240 g/mol. The number of anilines is 1. The van der Waals surface area contributed by atoms with Gasteiger partial charge in [-0.05, 0) is 13.8 Å². The maximum atomic E-state index is 5.98. The number of rotatable bonds is 4. The molecular formula is C10H13ClN6. The van der Waals surface area contributed by atoms with Crippen molar-refractivity contribution < 1.29 is 0 Å². The van der Waals surface area contributed by atoms with Crippen LogP contribution in [-0.2, 0) is 6.54 Å². The minimum absolute atomic E-state index is 0.487. The van der Waals surface area contributed by atoms with Gasteiger partial charge in [0.25, 0.3) is 0 Å². The zero-order valence-corrected chi connectivity index (χ0v) is 10.4. The van der Waals surface area contributed by atoms with Crippen LogP contribution in [0, 0.1) is 13.8 Å². The van der Waals surface area contributed by atoms with Crippen LogP contribution in [0.3, 0.4) is 0 Å². The maximum absolute atomic E-state index is 5.98. The molecule has 0 amide bonds. The van der Waals surface area contributed by atoms with Gasteiger partial charge in [-0.25, -0.2) is 9.97 Å². The van der Waals surface area contributed by atoms with Crippen molar-refractivity contribution in [3.8, 4) is 0 Å². The quantitative estimate of drug-likeness (QED) is 0.835. The Hall–Kier alpha value is -1.69. The fourth-order valence-electron chi connectivity index (χ4n) is 1.41. The summed E-state index contributed by atoms with van der Waals surface area (Å²) < 4.78 is 1.75. The SMILES string of the molecule is Cc1nc(Cl)c(C)c(NCCn2ccnn2)n1. The molecule has 0 saturated carbocycles. The van der Waals surface area contributed by atoms with Crippen molar-refractivity contribution in [1.29, 1.82) is 0 Å². The van der Waals surface area contributed by atoms with E-state index in [1.165, 1.54) is 0 Å². The fraction of sp³-hybridized carbons (Fsp3) is 0.400. The van der Waals surface area contributed by atoms with Gasteiger partial charge in [0.15, 0.2) is 0 Å². The largest absolute Gasteiger partial charge is 0.368 e. The molecule has 0 aliphatic rings. The predicted molar refractivity (Wildman–Crippen MR) is 65.0 cm³/mol. The second-order valence-electron chi connectivity index (χ2n) is 3.63. The minimum atomic E-state index is 0.487. The first-order valence-corrected chi connectivity index (χ1v) is 5.63. The van der Waals surface area contributed by atoms with Crippen molar-refractivity contribution in [2.45, 2.75) is 20.4 Å². The lowest BCUT2D eigenvalue weighted by atomic mass is 10.3. The van der Waals surface area contributed by atoms with Crippen molar-refractivity contribution in [2.24, 2.45) is 0 Å². The van der Waals surface area contributed by atoms with Crippen molar-refractivity contribution in [2.75, 3.05) is 11.9 Å². The van der Waals surface area contributed by atoms with Crippen molar-refractivity contribution in [3.05, 3.63) is 28.9 Å². The highest BCUT2D eigenvalue weighted by Crippen LogP contribution is 2.19. The Labute approximate surface area is 104 Å². The second-order valence-corrected chi connectivity index (χ2v) is 3.99. The first kappa shape index (κ1) is 11.8. The van der Waals surface area contributed by atoms with E-state index in [1.54, 1.807) is 10.9 Å². The van der Waals surface area contributed by atoms with Crippen molar-refractivity contribution >= 4 is 17.4 Å². The highest BCUT2D eigenvalue weighted by Gasteiger charge is 2.06. The average molecular weight is 253 g/mol. The van der Waals surface area contributed by atoms with E-state index < -0.39 is 0 Å². The number of nitrogens with zero attached hydrogens (tertiary/aromatic N) is 5. The lowest BCUT2D eigenvalue weighted by molar-refractivity contribution is 0.608. The van der Waals surface area contributed by atoms with Crippen LogP contribution in [-0.4, -0.2) is 31.5 Å². The highest BCUT2D eigenvalue weighted by atomic mass is 35.5. The van der Waals surface area contributed by atoms with Gasteiger partial charge in [-0.15, -0.1) is 5.10 Å². The monoisotopic (exact) mass is 252 g/mol. The molecule has 0 aliphatic heterocycles. The van der Waals surface area contributed by atoms with Crippen molar-refractivity contribution in [3.63, 3.8) is 0 Å². The van der Waals surface area contributed by atoms with Gasteiger partial charge in [0.2, 0.25) is 0 Å². The molecule has 0 fully saturated rings. The number of aromatic nitrogens is 5. The van der Waals surface area contributed by atoms with E-state index in [4.69, 9.17) is 11.6 Å². The van der Waals surface area contributed by atoms with Gasteiger partial charge in [0, 0.05) is 18.3 Å². The van der Waals surface area contributed by atoms with E-state index in [9.17, 15) is 0 Å². The van der Waals surface area contributed by atoms with Crippen LogP contribution in [0.5, 0.6) is 0 Å². The van der Waals surface area contributed by atoms with E-state index >= 15 is 0 Å². The molecule has 0 radical (unpaired) electrons. The van der Waals surface area contributed by atoms with Crippen LogP contribution in [0.1, 0.15) is 11.4 Å². The van der Waals surface area contributed by atoms with Crippen molar-refractivity contribution in [1.82, 2.24) is 25.0 Å². The summed E-state index contributed by atoms with van der Waals surface area (Å²) >= 11 is 5.98.